The van der Waals surface area contributed by atoms with Crippen LogP contribution in [0.4, 0.5) is 0 Å². The number of carbonyl (C=O) groups is 1. The third-order valence-electron chi connectivity index (χ3n) is 7.19. The topological polar surface area (TPSA) is 35.5 Å². The van der Waals surface area contributed by atoms with E-state index < -0.39 is 0 Å². The van der Waals surface area contributed by atoms with E-state index in [1.54, 1.807) is 0 Å². The molecule has 0 amide bonds. The van der Waals surface area contributed by atoms with Crippen LogP contribution in [0.5, 0.6) is 0 Å². The Bertz CT molecular complexity index is 460. The highest BCUT2D eigenvalue weighted by Gasteiger charge is 2.61. The third-order valence-corrected chi connectivity index (χ3v) is 7.19. The van der Waals surface area contributed by atoms with Crippen molar-refractivity contribution in [3.8, 4) is 0 Å². The number of carbonyl (C=O) groups excluding carboxylic acids is 1. The molecule has 4 heteroatoms. The molecule has 2 aliphatic carbocycles. The number of likely N-dealkylation sites (N-methyl/N-ethyl adjacent to an activating group) is 1. The maximum atomic E-state index is 12.0. The van der Waals surface area contributed by atoms with Gasteiger partial charge in [0.1, 0.15) is 6.54 Å². The molecule has 0 spiro atoms. The molecule has 2 saturated carbocycles. The molecule has 2 aliphatic rings. The van der Waals surface area contributed by atoms with Crippen molar-refractivity contribution >= 4 is 5.97 Å². The van der Waals surface area contributed by atoms with Gasteiger partial charge < -0.3 is 14.0 Å². The molecule has 0 N–H and O–H groups in total. The standard InChI is InChI=1S/C20H38NO3/c1-8-15(2)24-18(22)14-21(6,7)11-12-23-17-13-16-9-10-20(17,5)19(16,3)4/h15-17H,8-14H2,1-7H3/q+1/t15-,16+,17+,20+/m0/s1. The summed E-state index contributed by atoms with van der Waals surface area (Å²) in [7, 11) is 4.15. The first-order valence-electron chi connectivity index (χ1n) is 9.65. The fraction of sp³-hybridized carbons (Fsp3) is 0.950. The lowest BCUT2D eigenvalue weighted by molar-refractivity contribution is -0.883. The summed E-state index contributed by atoms with van der Waals surface area (Å²) in [5.74, 6) is 0.697. The average Bonchev–Trinajstić information content (AvgIpc) is 2.79. The summed E-state index contributed by atoms with van der Waals surface area (Å²) in [6, 6.07) is 0. The Morgan fingerprint density at radius 2 is 1.96 bits per heavy atom. The zero-order chi connectivity index (χ0) is 18.2. The minimum Gasteiger partial charge on any atom is -0.459 e. The van der Waals surface area contributed by atoms with E-state index in [1.807, 2.05) is 13.8 Å². The molecule has 0 heterocycles. The van der Waals surface area contributed by atoms with Gasteiger partial charge in [0, 0.05) is 0 Å². The summed E-state index contributed by atoms with van der Waals surface area (Å²) in [5.41, 5.74) is 0.701. The van der Waals surface area contributed by atoms with Gasteiger partial charge in [0.25, 0.3) is 0 Å². The first kappa shape index (κ1) is 19.7. The molecule has 4 nitrogen and oxygen atoms in total. The Kier molecular flexibility index (Phi) is 5.71. The van der Waals surface area contributed by atoms with Gasteiger partial charge in [0.05, 0.1) is 32.9 Å². The van der Waals surface area contributed by atoms with Gasteiger partial charge in [-0.05, 0) is 49.4 Å². The van der Waals surface area contributed by atoms with Gasteiger partial charge >= 0.3 is 5.97 Å². The van der Waals surface area contributed by atoms with Crippen LogP contribution >= 0.6 is 0 Å². The molecule has 140 valence electrons. The lowest BCUT2D eigenvalue weighted by atomic mass is 9.70. The predicted molar refractivity (Wildman–Crippen MR) is 96.7 cm³/mol. The van der Waals surface area contributed by atoms with Crippen LogP contribution in [0.2, 0.25) is 0 Å². The van der Waals surface area contributed by atoms with Crippen molar-refractivity contribution in [3.05, 3.63) is 0 Å². The second-order valence-corrected chi connectivity index (χ2v) is 9.50. The maximum absolute atomic E-state index is 12.0. The molecule has 2 bridgehead atoms. The fourth-order valence-corrected chi connectivity index (χ4v) is 4.60. The fourth-order valence-electron chi connectivity index (χ4n) is 4.60. The molecule has 0 aromatic rings. The molecule has 0 aromatic carbocycles. The largest absolute Gasteiger partial charge is 0.459 e. The second kappa shape index (κ2) is 6.95. The quantitative estimate of drug-likeness (QED) is 0.500. The van der Waals surface area contributed by atoms with E-state index >= 15 is 0 Å². The zero-order valence-corrected chi connectivity index (χ0v) is 16.9. The van der Waals surface area contributed by atoms with E-state index in [0.29, 0.717) is 34.6 Å². The van der Waals surface area contributed by atoms with Crippen LogP contribution in [0.3, 0.4) is 0 Å². The summed E-state index contributed by atoms with van der Waals surface area (Å²) in [6.45, 7) is 13.2. The molecular formula is C20H38NO3+. The Morgan fingerprint density at radius 3 is 2.46 bits per heavy atom. The molecule has 2 fully saturated rings. The summed E-state index contributed by atoms with van der Waals surface area (Å²) in [4.78, 5) is 12.0. The van der Waals surface area contributed by atoms with Gasteiger partial charge in [0.2, 0.25) is 0 Å². The molecule has 0 unspecified atom stereocenters. The highest BCUT2D eigenvalue weighted by molar-refractivity contribution is 5.70. The van der Waals surface area contributed by atoms with Gasteiger partial charge in [-0.2, -0.15) is 0 Å². The molecule has 2 rings (SSSR count). The number of fused-ring (bicyclic) bond motifs is 2. The number of esters is 1. The summed E-state index contributed by atoms with van der Waals surface area (Å²) < 4.78 is 12.3. The van der Waals surface area contributed by atoms with E-state index in [9.17, 15) is 4.79 Å². The van der Waals surface area contributed by atoms with Crippen molar-refractivity contribution in [1.82, 2.24) is 0 Å². The predicted octanol–water partition coefficient (Wildman–Crippen LogP) is 3.64. The van der Waals surface area contributed by atoms with Crippen LogP contribution in [0.15, 0.2) is 0 Å². The second-order valence-electron chi connectivity index (χ2n) is 9.50. The first-order valence-corrected chi connectivity index (χ1v) is 9.65. The third kappa shape index (κ3) is 3.80. The van der Waals surface area contributed by atoms with Crippen molar-refractivity contribution < 1.29 is 18.8 Å². The number of quaternary nitrogens is 1. The van der Waals surface area contributed by atoms with Gasteiger partial charge in [0.15, 0.2) is 6.54 Å². The van der Waals surface area contributed by atoms with Crippen LogP contribution in [0.25, 0.3) is 0 Å². The van der Waals surface area contributed by atoms with Crippen LogP contribution in [0, 0.1) is 16.7 Å². The Labute approximate surface area is 148 Å². The van der Waals surface area contributed by atoms with E-state index in [2.05, 4.69) is 34.9 Å². The SMILES string of the molecule is CC[C@H](C)OC(=O)C[N+](C)(C)CCO[C@@H]1C[C@H]2CC[C@@]1(C)C2(C)C. The minimum atomic E-state index is -0.109. The van der Waals surface area contributed by atoms with Crippen molar-refractivity contribution in [3.63, 3.8) is 0 Å². The molecule has 0 radical (unpaired) electrons. The molecule has 24 heavy (non-hydrogen) atoms. The van der Waals surface area contributed by atoms with Crippen molar-refractivity contribution in [2.24, 2.45) is 16.7 Å². The van der Waals surface area contributed by atoms with Crippen LogP contribution in [-0.4, -0.2) is 56.5 Å². The molecule has 0 aliphatic heterocycles. The normalized spacial score (nSPS) is 32.8. The van der Waals surface area contributed by atoms with E-state index in [1.165, 1.54) is 19.3 Å². The maximum Gasteiger partial charge on any atom is 0.362 e. The summed E-state index contributed by atoms with van der Waals surface area (Å²) in [5, 5.41) is 0. The van der Waals surface area contributed by atoms with E-state index in [0.717, 1.165) is 18.9 Å². The number of rotatable bonds is 8. The molecule has 0 saturated heterocycles. The van der Waals surface area contributed by atoms with Gasteiger partial charge in [-0.25, -0.2) is 4.79 Å². The average molecular weight is 341 g/mol. The van der Waals surface area contributed by atoms with Crippen molar-refractivity contribution in [2.75, 3.05) is 33.8 Å². The van der Waals surface area contributed by atoms with Crippen LogP contribution < -0.4 is 0 Å². The summed E-state index contributed by atoms with van der Waals surface area (Å²) in [6.07, 6.45) is 5.08. The Morgan fingerprint density at radius 1 is 1.29 bits per heavy atom. The van der Waals surface area contributed by atoms with Gasteiger partial charge in [-0.3, -0.25) is 0 Å². The smallest absolute Gasteiger partial charge is 0.362 e. The van der Waals surface area contributed by atoms with Gasteiger partial charge in [-0.1, -0.05) is 27.7 Å². The van der Waals surface area contributed by atoms with Crippen molar-refractivity contribution in [2.45, 2.75) is 72.5 Å². The lowest BCUT2D eigenvalue weighted by Gasteiger charge is -2.39. The highest BCUT2D eigenvalue weighted by Crippen LogP contribution is 2.66. The first-order chi connectivity index (χ1) is 11.0. The number of nitrogens with zero attached hydrogens (tertiary/aromatic N) is 1. The molecular weight excluding hydrogens is 302 g/mol. The van der Waals surface area contributed by atoms with Crippen LogP contribution in [0.1, 0.15) is 60.3 Å². The Balaban J connectivity index is 1.78. The van der Waals surface area contributed by atoms with Gasteiger partial charge in [-0.15, -0.1) is 0 Å². The molecule has 4 atom stereocenters. The lowest BCUT2D eigenvalue weighted by Crippen LogP contribution is -2.48. The number of ether oxygens (including phenoxy) is 2. The minimum absolute atomic E-state index is 0.00460. The van der Waals surface area contributed by atoms with E-state index in [4.69, 9.17) is 9.47 Å². The van der Waals surface area contributed by atoms with Crippen molar-refractivity contribution in [1.29, 1.82) is 0 Å². The Hall–Kier alpha value is -0.610. The number of hydrogen-bond acceptors (Lipinski definition) is 3. The zero-order valence-electron chi connectivity index (χ0n) is 16.9. The monoisotopic (exact) mass is 340 g/mol. The van der Waals surface area contributed by atoms with E-state index in [-0.39, 0.29) is 12.1 Å². The summed E-state index contributed by atoms with van der Waals surface area (Å²) >= 11 is 0. The van der Waals surface area contributed by atoms with Crippen LogP contribution in [-0.2, 0) is 14.3 Å². The molecule has 0 aromatic heterocycles. The highest BCUT2D eigenvalue weighted by atomic mass is 16.5. The number of hydrogen-bond donors (Lipinski definition) is 0.